The molecule has 2 saturated heterocycles. The van der Waals surface area contributed by atoms with E-state index in [1.165, 1.54) is 26.1 Å². The average Bonchev–Trinajstić information content (AvgIpc) is 1.72. The molecule has 8 heavy (non-hydrogen) atoms. The van der Waals surface area contributed by atoms with Crippen molar-refractivity contribution in [1.29, 1.82) is 0 Å². The van der Waals surface area contributed by atoms with E-state index in [1.807, 2.05) is 0 Å². The molecule has 1 atom stereocenters. The van der Waals surface area contributed by atoms with Crippen molar-refractivity contribution in [2.24, 2.45) is 0 Å². The minimum absolute atomic E-state index is 0.851. The average molecular weight is 111 g/mol. The number of hydrogen-bond donors (Lipinski definition) is 1. The third kappa shape index (κ3) is 0.565. The second-order valence-corrected chi connectivity index (χ2v) is 2.51. The highest BCUT2D eigenvalue weighted by atomic mass is 15.3. The lowest BCUT2D eigenvalue weighted by Gasteiger charge is -2.44. The highest BCUT2D eigenvalue weighted by Crippen LogP contribution is 2.21. The van der Waals surface area contributed by atoms with Gasteiger partial charge < -0.3 is 5.32 Å². The van der Waals surface area contributed by atoms with Gasteiger partial charge in [-0.05, 0) is 6.42 Å². The highest BCUT2D eigenvalue weighted by Gasteiger charge is 2.29. The van der Waals surface area contributed by atoms with Crippen LogP contribution in [0.25, 0.3) is 0 Å². The summed E-state index contributed by atoms with van der Waals surface area (Å²) >= 11 is 0. The molecule has 0 saturated carbocycles. The number of hydrogen-bond acceptors (Lipinski definition) is 2. The van der Waals surface area contributed by atoms with Crippen LogP contribution in [0.5, 0.6) is 0 Å². The molecule has 1 N–H and O–H groups in total. The molecule has 0 spiro atoms. The number of rotatable bonds is 0. The predicted molar refractivity (Wildman–Crippen MR) is 32.3 cm³/mol. The fourth-order valence-electron chi connectivity index (χ4n) is 1.35. The molecule has 0 aromatic rings. The molecule has 2 rings (SSSR count). The van der Waals surface area contributed by atoms with Crippen LogP contribution in [-0.2, 0) is 0 Å². The van der Waals surface area contributed by atoms with Crippen LogP contribution >= 0.6 is 0 Å². The van der Waals surface area contributed by atoms with Gasteiger partial charge >= 0.3 is 0 Å². The first-order valence-corrected chi connectivity index (χ1v) is 3.26. The van der Waals surface area contributed by atoms with Crippen LogP contribution in [-0.4, -0.2) is 30.6 Å². The topological polar surface area (TPSA) is 15.3 Å². The minimum Gasteiger partial charge on any atom is -0.314 e. The molecule has 2 fully saturated rings. The van der Waals surface area contributed by atoms with Gasteiger partial charge in [-0.25, -0.2) is 0 Å². The summed E-state index contributed by atoms with van der Waals surface area (Å²) in [6.07, 6.45) is 1.30. The summed E-state index contributed by atoms with van der Waals surface area (Å²) in [4.78, 5) is 2.43. The standard InChI is InChI=1S/C6H11N2/c1-3-8-4-2-7-5-6(1)8/h3,6-7H,1-2,4-5H2. The van der Waals surface area contributed by atoms with Crippen LogP contribution in [0.15, 0.2) is 0 Å². The normalized spacial score (nSPS) is 38.2. The Hall–Kier alpha value is -0.0800. The summed E-state index contributed by atoms with van der Waals surface area (Å²) in [6, 6.07) is 0.851. The van der Waals surface area contributed by atoms with E-state index in [1.54, 1.807) is 0 Å². The number of nitrogens with one attached hydrogen (secondary N) is 1. The molecule has 2 heterocycles. The summed E-state index contributed by atoms with van der Waals surface area (Å²) in [5, 5.41) is 3.35. The van der Waals surface area contributed by atoms with Crippen LogP contribution in [0.4, 0.5) is 0 Å². The second kappa shape index (κ2) is 1.71. The Labute approximate surface area is 49.9 Å². The Morgan fingerprint density at radius 1 is 1.62 bits per heavy atom. The molecule has 0 amide bonds. The Kier molecular flexibility index (Phi) is 1.02. The van der Waals surface area contributed by atoms with Crippen molar-refractivity contribution in [3.05, 3.63) is 6.54 Å². The van der Waals surface area contributed by atoms with Gasteiger partial charge in [0.1, 0.15) is 0 Å². The van der Waals surface area contributed by atoms with Crippen LogP contribution in [0, 0.1) is 6.54 Å². The van der Waals surface area contributed by atoms with Gasteiger partial charge in [-0.3, -0.25) is 4.90 Å². The SMILES string of the molecule is [CH]1CC2CNCCN12. The Bertz CT molecular complexity index is 80.5. The van der Waals surface area contributed by atoms with E-state index in [0.29, 0.717) is 0 Å². The van der Waals surface area contributed by atoms with Crippen LogP contribution < -0.4 is 5.32 Å². The first-order chi connectivity index (χ1) is 3.97. The first-order valence-electron chi connectivity index (χ1n) is 3.26. The molecule has 1 radical (unpaired) electrons. The van der Waals surface area contributed by atoms with Gasteiger partial charge in [0.05, 0.1) is 0 Å². The van der Waals surface area contributed by atoms with Crippen molar-refractivity contribution in [2.75, 3.05) is 19.6 Å². The van der Waals surface area contributed by atoms with Crippen molar-refractivity contribution in [3.63, 3.8) is 0 Å². The lowest BCUT2D eigenvalue weighted by atomic mass is 10.0. The van der Waals surface area contributed by atoms with Crippen molar-refractivity contribution in [1.82, 2.24) is 10.2 Å². The van der Waals surface area contributed by atoms with Gasteiger partial charge in [0.2, 0.25) is 0 Å². The van der Waals surface area contributed by atoms with Crippen molar-refractivity contribution >= 4 is 0 Å². The molecule has 45 valence electrons. The molecule has 2 aliphatic rings. The summed E-state index contributed by atoms with van der Waals surface area (Å²) in [5.74, 6) is 0. The Balaban J connectivity index is 1.92. The molecule has 0 bridgehead atoms. The van der Waals surface area contributed by atoms with Gasteiger partial charge in [-0.2, -0.15) is 0 Å². The quantitative estimate of drug-likeness (QED) is 0.466. The molecule has 1 unspecified atom stereocenters. The summed E-state index contributed by atoms with van der Waals surface area (Å²) in [5.41, 5.74) is 0. The van der Waals surface area contributed by atoms with Crippen LogP contribution in [0.3, 0.4) is 0 Å². The van der Waals surface area contributed by atoms with Crippen molar-refractivity contribution in [2.45, 2.75) is 12.5 Å². The van der Waals surface area contributed by atoms with Gasteiger partial charge in [-0.1, -0.05) is 0 Å². The number of nitrogens with zero attached hydrogens (tertiary/aromatic N) is 1. The van der Waals surface area contributed by atoms with E-state index in [9.17, 15) is 0 Å². The van der Waals surface area contributed by atoms with Crippen molar-refractivity contribution in [3.8, 4) is 0 Å². The molecule has 0 aliphatic carbocycles. The summed E-state index contributed by atoms with van der Waals surface area (Å²) in [7, 11) is 0. The van der Waals surface area contributed by atoms with Crippen LogP contribution in [0.1, 0.15) is 6.42 Å². The molecular weight excluding hydrogens is 100 g/mol. The molecule has 0 aromatic heterocycles. The molecule has 2 nitrogen and oxygen atoms in total. The Morgan fingerprint density at radius 3 is 3.00 bits per heavy atom. The fourth-order valence-corrected chi connectivity index (χ4v) is 1.35. The number of piperazine rings is 1. The minimum atomic E-state index is 0.851. The molecule has 2 aliphatic heterocycles. The molecular formula is C6H11N2. The van der Waals surface area contributed by atoms with E-state index in [2.05, 4.69) is 16.8 Å². The summed E-state index contributed by atoms with van der Waals surface area (Å²) < 4.78 is 0. The first kappa shape index (κ1) is 4.77. The summed E-state index contributed by atoms with van der Waals surface area (Å²) in [6.45, 7) is 5.90. The predicted octanol–water partition coefficient (Wildman–Crippen LogP) is -0.174. The van der Waals surface area contributed by atoms with E-state index < -0.39 is 0 Å². The monoisotopic (exact) mass is 111 g/mol. The fraction of sp³-hybridized carbons (Fsp3) is 0.833. The Morgan fingerprint density at radius 2 is 2.62 bits per heavy atom. The van der Waals surface area contributed by atoms with Crippen molar-refractivity contribution < 1.29 is 0 Å². The highest BCUT2D eigenvalue weighted by molar-refractivity contribution is 4.95. The van der Waals surface area contributed by atoms with Gasteiger partial charge in [0.15, 0.2) is 0 Å². The van der Waals surface area contributed by atoms with E-state index >= 15 is 0 Å². The zero-order valence-electron chi connectivity index (χ0n) is 4.93. The lowest BCUT2D eigenvalue weighted by molar-refractivity contribution is 0.117. The maximum absolute atomic E-state index is 3.35. The van der Waals surface area contributed by atoms with Gasteiger partial charge in [0, 0.05) is 32.2 Å². The second-order valence-electron chi connectivity index (χ2n) is 2.51. The zero-order chi connectivity index (χ0) is 5.40. The maximum Gasteiger partial charge on any atom is 0.0271 e. The molecule has 2 heteroatoms. The smallest absolute Gasteiger partial charge is 0.0271 e. The third-order valence-corrected chi connectivity index (χ3v) is 2.01. The van der Waals surface area contributed by atoms with E-state index in [-0.39, 0.29) is 0 Å². The van der Waals surface area contributed by atoms with Gasteiger partial charge in [0.25, 0.3) is 0 Å². The largest absolute Gasteiger partial charge is 0.314 e. The van der Waals surface area contributed by atoms with Crippen LogP contribution in [0.2, 0.25) is 0 Å². The van der Waals surface area contributed by atoms with Gasteiger partial charge in [-0.15, -0.1) is 0 Å². The maximum atomic E-state index is 3.35. The van der Waals surface area contributed by atoms with E-state index in [0.717, 1.165) is 6.04 Å². The number of fused-ring (bicyclic) bond motifs is 1. The third-order valence-electron chi connectivity index (χ3n) is 2.01. The molecule has 0 aromatic carbocycles. The van der Waals surface area contributed by atoms with E-state index in [4.69, 9.17) is 0 Å². The lowest BCUT2D eigenvalue weighted by Crippen LogP contribution is -2.56. The zero-order valence-corrected chi connectivity index (χ0v) is 4.93.